The Kier molecular flexibility index (Phi) is 2.81. The molecule has 1 aliphatic rings. The monoisotopic (exact) mass is 246 g/mol. The number of pyridine rings is 1. The molecule has 0 saturated carbocycles. The zero-order chi connectivity index (χ0) is 12.5. The maximum Gasteiger partial charge on any atom is 0.260 e. The van der Waals surface area contributed by atoms with Gasteiger partial charge in [-0.1, -0.05) is 0 Å². The fourth-order valence-electron chi connectivity index (χ4n) is 2.25. The van der Waals surface area contributed by atoms with Crippen molar-refractivity contribution >= 4 is 11.0 Å². The van der Waals surface area contributed by atoms with Gasteiger partial charge < -0.3 is 15.0 Å². The maximum atomic E-state index is 11.9. The third-order valence-electron chi connectivity index (χ3n) is 3.25. The minimum atomic E-state index is -0.147. The largest absolute Gasteiger partial charge is 0.380 e. The molecule has 94 valence electrons. The molecule has 1 saturated heterocycles. The molecule has 0 aliphatic carbocycles. The van der Waals surface area contributed by atoms with Crippen LogP contribution in [0, 0.1) is 0 Å². The predicted octanol–water partition coefficient (Wildman–Crippen LogP) is 0.367. The molecule has 0 unspecified atom stereocenters. The number of H-pyrrole nitrogens is 1. The van der Waals surface area contributed by atoms with Crippen LogP contribution < -0.4 is 10.9 Å². The summed E-state index contributed by atoms with van der Waals surface area (Å²) < 4.78 is 5.28. The van der Waals surface area contributed by atoms with E-state index in [1.54, 1.807) is 25.4 Å². The average molecular weight is 246 g/mol. The van der Waals surface area contributed by atoms with Crippen LogP contribution in [0.25, 0.3) is 11.0 Å². The summed E-state index contributed by atoms with van der Waals surface area (Å²) >= 11 is 0. The number of nitrogens with one attached hydrogen (secondary N) is 2. The number of fused-ring (bicyclic) bond motifs is 1. The van der Waals surface area contributed by atoms with Crippen molar-refractivity contribution in [3.63, 3.8) is 0 Å². The molecule has 3 heterocycles. The second kappa shape index (κ2) is 4.47. The maximum absolute atomic E-state index is 11.9. The minimum absolute atomic E-state index is 0.0223. The summed E-state index contributed by atoms with van der Waals surface area (Å²) in [5.74, 6) is 0.630. The zero-order valence-electron chi connectivity index (χ0n) is 10.0. The smallest absolute Gasteiger partial charge is 0.260 e. The van der Waals surface area contributed by atoms with Gasteiger partial charge in [0.05, 0.1) is 17.5 Å². The Morgan fingerprint density at radius 2 is 2.39 bits per heavy atom. The Morgan fingerprint density at radius 3 is 3.17 bits per heavy atom. The molecule has 0 bridgehead atoms. The second-order valence-corrected chi connectivity index (χ2v) is 4.38. The van der Waals surface area contributed by atoms with E-state index in [4.69, 9.17) is 4.74 Å². The quantitative estimate of drug-likeness (QED) is 0.800. The number of hydrogen-bond donors (Lipinski definition) is 2. The highest BCUT2D eigenvalue weighted by atomic mass is 16.5. The SMILES string of the molecule is CO[C@@H]1CN[C@H](c2nc3ncccc3c(=O)[nH]2)C1. The van der Waals surface area contributed by atoms with E-state index in [0.29, 0.717) is 16.9 Å². The van der Waals surface area contributed by atoms with E-state index >= 15 is 0 Å². The van der Waals surface area contributed by atoms with Crippen molar-refractivity contribution in [2.24, 2.45) is 0 Å². The van der Waals surface area contributed by atoms with Gasteiger partial charge >= 0.3 is 0 Å². The van der Waals surface area contributed by atoms with Crippen LogP contribution in [-0.4, -0.2) is 34.7 Å². The summed E-state index contributed by atoms with van der Waals surface area (Å²) in [6.07, 6.45) is 2.61. The van der Waals surface area contributed by atoms with E-state index in [2.05, 4.69) is 20.3 Å². The lowest BCUT2D eigenvalue weighted by molar-refractivity contribution is 0.117. The highest BCUT2D eigenvalue weighted by Gasteiger charge is 2.27. The third-order valence-corrected chi connectivity index (χ3v) is 3.25. The first kappa shape index (κ1) is 11.3. The van der Waals surface area contributed by atoms with Gasteiger partial charge in [0.2, 0.25) is 0 Å². The van der Waals surface area contributed by atoms with E-state index in [1.807, 2.05) is 0 Å². The molecule has 2 aromatic heterocycles. The summed E-state index contributed by atoms with van der Waals surface area (Å²) in [6.45, 7) is 0.769. The average Bonchev–Trinajstić information content (AvgIpc) is 2.87. The van der Waals surface area contributed by atoms with Gasteiger partial charge in [-0.2, -0.15) is 0 Å². The molecular weight excluding hydrogens is 232 g/mol. The van der Waals surface area contributed by atoms with Crippen LogP contribution in [0.2, 0.25) is 0 Å². The van der Waals surface area contributed by atoms with Crippen molar-refractivity contribution in [2.45, 2.75) is 18.6 Å². The van der Waals surface area contributed by atoms with Crippen LogP contribution in [0.1, 0.15) is 18.3 Å². The van der Waals surface area contributed by atoms with Crippen molar-refractivity contribution in [3.8, 4) is 0 Å². The fraction of sp³-hybridized carbons (Fsp3) is 0.417. The first-order valence-corrected chi connectivity index (χ1v) is 5.89. The van der Waals surface area contributed by atoms with Crippen LogP contribution in [0.4, 0.5) is 0 Å². The van der Waals surface area contributed by atoms with Crippen molar-refractivity contribution in [2.75, 3.05) is 13.7 Å². The molecule has 2 atom stereocenters. The normalized spacial score (nSPS) is 23.6. The van der Waals surface area contributed by atoms with Gasteiger partial charge in [0.1, 0.15) is 5.82 Å². The van der Waals surface area contributed by atoms with Crippen LogP contribution in [-0.2, 0) is 4.74 Å². The summed E-state index contributed by atoms with van der Waals surface area (Å²) in [5, 5.41) is 3.80. The topological polar surface area (TPSA) is 79.9 Å². The Balaban J connectivity index is 2.01. The number of hydrogen-bond acceptors (Lipinski definition) is 5. The van der Waals surface area contributed by atoms with Gasteiger partial charge in [-0.15, -0.1) is 0 Å². The molecule has 1 fully saturated rings. The van der Waals surface area contributed by atoms with Gasteiger partial charge in [-0.05, 0) is 18.6 Å². The molecule has 18 heavy (non-hydrogen) atoms. The minimum Gasteiger partial charge on any atom is -0.380 e. The number of aromatic nitrogens is 3. The van der Waals surface area contributed by atoms with E-state index in [-0.39, 0.29) is 17.7 Å². The van der Waals surface area contributed by atoms with E-state index in [1.165, 1.54) is 0 Å². The molecule has 6 heteroatoms. The lowest BCUT2D eigenvalue weighted by Crippen LogP contribution is -2.21. The first-order valence-electron chi connectivity index (χ1n) is 5.89. The van der Waals surface area contributed by atoms with Gasteiger partial charge in [0.15, 0.2) is 5.65 Å². The highest BCUT2D eigenvalue weighted by Crippen LogP contribution is 2.21. The number of ether oxygens (including phenoxy) is 1. The van der Waals surface area contributed by atoms with Crippen LogP contribution >= 0.6 is 0 Å². The molecule has 1 aliphatic heterocycles. The van der Waals surface area contributed by atoms with Crippen LogP contribution in [0.3, 0.4) is 0 Å². The molecular formula is C12H14N4O2. The third kappa shape index (κ3) is 1.89. The Hall–Kier alpha value is -1.79. The van der Waals surface area contributed by atoms with Gasteiger partial charge in [0.25, 0.3) is 5.56 Å². The van der Waals surface area contributed by atoms with Gasteiger partial charge in [-0.3, -0.25) is 4.79 Å². The molecule has 3 rings (SSSR count). The number of aromatic amines is 1. The number of methoxy groups -OCH3 is 1. The van der Waals surface area contributed by atoms with E-state index < -0.39 is 0 Å². The van der Waals surface area contributed by atoms with Crippen LogP contribution in [0.5, 0.6) is 0 Å². The molecule has 0 amide bonds. The van der Waals surface area contributed by atoms with E-state index in [0.717, 1.165) is 13.0 Å². The van der Waals surface area contributed by atoms with Crippen molar-refractivity contribution in [3.05, 3.63) is 34.5 Å². The lowest BCUT2D eigenvalue weighted by Gasteiger charge is -2.09. The Morgan fingerprint density at radius 1 is 1.50 bits per heavy atom. The molecule has 6 nitrogen and oxygen atoms in total. The van der Waals surface area contributed by atoms with Gasteiger partial charge in [-0.25, -0.2) is 9.97 Å². The van der Waals surface area contributed by atoms with Gasteiger partial charge in [0, 0.05) is 19.9 Å². The first-order chi connectivity index (χ1) is 8.78. The van der Waals surface area contributed by atoms with Crippen molar-refractivity contribution in [1.29, 1.82) is 0 Å². The summed E-state index contributed by atoms with van der Waals surface area (Å²) in [7, 11) is 1.69. The Labute approximate surface area is 103 Å². The second-order valence-electron chi connectivity index (χ2n) is 4.38. The predicted molar refractivity (Wildman–Crippen MR) is 66.3 cm³/mol. The molecule has 0 spiro atoms. The highest BCUT2D eigenvalue weighted by molar-refractivity contribution is 5.72. The lowest BCUT2D eigenvalue weighted by atomic mass is 10.2. The molecule has 0 aromatic carbocycles. The summed E-state index contributed by atoms with van der Waals surface area (Å²) in [6, 6.07) is 3.47. The standard InChI is InChI=1S/C12H14N4O2/c1-18-7-5-9(14-6-7)11-15-10-8(12(17)16-11)3-2-4-13-10/h2-4,7,9,14H,5-6H2,1H3,(H,13,15,16,17)/t7-,9-/m0/s1. The van der Waals surface area contributed by atoms with Crippen molar-refractivity contribution in [1.82, 2.24) is 20.3 Å². The zero-order valence-corrected chi connectivity index (χ0v) is 10.0. The molecule has 2 aromatic rings. The fourth-order valence-corrected chi connectivity index (χ4v) is 2.25. The molecule has 0 radical (unpaired) electrons. The molecule has 2 N–H and O–H groups in total. The number of rotatable bonds is 2. The Bertz CT molecular complexity index is 625. The number of nitrogens with zero attached hydrogens (tertiary/aromatic N) is 2. The van der Waals surface area contributed by atoms with E-state index in [9.17, 15) is 4.79 Å². The summed E-state index contributed by atoms with van der Waals surface area (Å²) in [5.41, 5.74) is 0.338. The summed E-state index contributed by atoms with van der Waals surface area (Å²) in [4.78, 5) is 23.3. The van der Waals surface area contributed by atoms with Crippen molar-refractivity contribution < 1.29 is 4.74 Å². The van der Waals surface area contributed by atoms with Crippen LogP contribution in [0.15, 0.2) is 23.1 Å².